The summed E-state index contributed by atoms with van der Waals surface area (Å²) in [5, 5.41) is 12.7. The Balaban J connectivity index is 2.42. The molecule has 0 saturated heterocycles. The van der Waals surface area contributed by atoms with Crippen LogP contribution in [-0.2, 0) is 6.42 Å². The highest BCUT2D eigenvalue weighted by molar-refractivity contribution is 7.21. The van der Waals surface area contributed by atoms with Crippen molar-refractivity contribution in [2.24, 2.45) is 5.92 Å². The Labute approximate surface area is 113 Å². The molecule has 2 aromatic rings. The lowest BCUT2D eigenvalue weighted by atomic mass is 10.1. The van der Waals surface area contributed by atoms with E-state index in [-0.39, 0.29) is 0 Å². The summed E-state index contributed by atoms with van der Waals surface area (Å²) in [6.07, 6.45) is 0.683. The molecule has 18 heavy (non-hydrogen) atoms. The summed E-state index contributed by atoms with van der Waals surface area (Å²) in [7, 11) is 0. The third-order valence-electron chi connectivity index (χ3n) is 2.30. The van der Waals surface area contributed by atoms with Gasteiger partial charge in [0.25, 0.3) is 0 Å². The van der Waals surface area contributed by atoms with Crippen LogP contribution < -0.4 is 0 Å². The van der Waals surface area contributed by atoms with Gasteiger partial charge in [-0.05, 0) is 19.3 Å². The molecular formula is C12H14N2O2S2. The van der Waals surface area contributed by atoms with Gasteiger partial charge in [-0.15, -0.1) is 22.7 Å². The fraction of sp³-hybridized carbons (Fsp3) is 0.417. The van der Waals surface area contributed by atoms with E-state index in [4.69, 9.17) is 0 Å². The molecule has 96 valence electrons. The van der Waals surface area contributed by atoms with Gasteiger partial charge in [-0.3, -0.25) is 0 Å². The Bertz CT molecular complexity index is 572. The second-order valence-corrected chi connectivity index (χ2v) is 6.35. The molecule has 4 nitrogen and oxygen atoms in total. The van der Waals surface area contributed by atoms with E-state index >= 15 is 0 Å². The number of carboxylic acids is 1. The normalized spacial score (nSPS) is 11.1. The third-order valence-corrected chi connectivity index (χ3v) is 4.48. The van der Waals surface area contributed by atoms with Gasteiger partial charge < -0.3 is 5.11 Å². The zero-order valence-electron chi connectivity index (χ0n) is 10.4. The lowest BCUT2D eigenvalue weighted by Crippen LogP contribution is -2.02. The Kier molecular flexibility index (Phi) is 3.77. The molecule has 6 heteroatoms. The van der Waals surface area contributed by atoms with E-state index in [1.165, 1.54) is 22.7 Å². The summed E-state index contributed by atoms with van der Waals surface area (Å²) >= 11 is 2.71. The smallest absolute Gasteiger partial charge is 0.347 e. The molecule has 0 aromatic carbocycles. The quantitative estimate of drug-likeness (QED) is 0.932. The lowest BCUT2D eigenvalue weighted by molar-refractivity contribution is 0.0700. The van der Waals surface area contributed by atoms with Gasteiger partial charge in [0.05, 0.1) is 5.69 Å². The van der Waals surface area contributed by atoms with Crippen LogP contribution in [0.2, 0.25) is 0 Å². The highest BCUT2D eigenvalue weighted by atomic mass is 32.1. The van der Waals surface area contributed by atoms with Crippen LogP contribution in [0.4, 0.5) is 0 Å². The highest BCUT2D eigenvalue weighted by Crippen LogP contribution is 2.31. The molecule has 0 fully saturated rings. The minimum atomic E-state index is -0.900. The minimum absolute atomic E-state index is 0.339. The fourth-order valence-corrected chi connectivity index (χ4v) is 3.35. The van der Waals surface area contributed by atoms with Gasteiger partial charge >= 0.3 is 5.97 Å². The Morgan fingerprint density at radius 3 is 2.61 bits per heavy atom. The van der Waals surface area contributed by atoms with Crippen LogP contribution in [0.15, 0.2) is 5.38 Å². The van der Waals surface area contributed by atoms with Crippen molar-refractivity contribution in [1.82, 2.24) is 9.97 Å². The van der Waals surface area contributed by atoms with Crippen molar-refractivity contribution in [2.75, 3.05) is 0 Å². The molecule has 0 aliphatic heterocycles. The van der Waals surface area contributed by atoms with Crippen LogP contribution >= 0.6 is 22.7 Å². The van der Waals surface area contributed by atoms with E-state index in [9.17, 15) is 9.90 Å². The van der Waals surface area contributed by atoms with Crippen LogP contribution in [-0.4, -0.2) is 21.0 Å². The number of carbonyl (C=O) groups is 1. The topological polar surface area (TPSA) is 63.1 Å². The monoisotopic (exact) mass is 282 g/mol. The van der Waals surface area contributed by atoms with E-state index < -0.39 is 5.97 Å². The van der Waals surface area contributed by atoms with Gasteiger partial charge in [0.15, 0.2) is 10.0 Å². The van der Waals surface area contributed by atoms with Gasteiger partial charge in [0.1, 0.15) is 4.88 Å². The molecule has 0 bridgehead atoms. The molecule has 0 aliphatic carbocycles. The molecule has 0 spiro atoms. The van der Waals surface area contributed by atoms with Crippen molar-refractivity contribution < 1.29 is 9.90 Å². The molecule has 1 N–H and O–H groups in total. The van der Waals surface area contributed by atoms with Crippen molar-refractivity contribution in [3.05, 3.63) is 21.6 Å². The number of aromatic carboxylic acids is 1. The van der Waals surface area contributed by atoms with Gasteiger partial charge in [-0.25, -0.2) is 14.8 Å². The van der Waals surface area contributed by atoms with Crippen molar-refractivity contribution in [3.63, 3.8) is 0 Å². The van der Waals surface area contributed by atoms with Crippen LogP contribution in [0, 0.1) is 12.8 Å². The largest absolute Gasteiger partial charge is 0.477 e. The lowest BCUT2D eigenvalue weighted by Gasteiger charge is -2.01. The Hall–Kier alpha value is -1.27. The molecular weight excluding hydrogens is 268 g/mol. The first-order valence-electron chi connectivity index (χ1n) is 5.63. The minimum Gasteiger partial charge on any atom is -0.477 e. The van der Waals surface area contributed by atoms with Crippen LogP contribution in [0.5, 0.6) is 0 Å². The summed E-state index contributed by atoms with van der Waals surface area (Å²) in [5.41, 5.74) is 1.61. The molecule has 0 aliphatic rings. The van der Waals surface area contributed by atoms with Gasteiger partial charge in [-0.1, -0.05) is 13.8 Å². The first kappa shape index (κ1) is 13.2. The molecule has 0 amide bonds. The first-order valence-corrected chi connectivity index (χ1v) is 7.32. The molecule has 0 radical (unpaired) electrons. The van der Waals surface area contributed by atoms with Gasteiger partial charge in [0, 0.05) is 11.1 Å². The fourth-order valence-electron chi connectivity index (χ4n) is 1.59. The number of carboxylic acid groups (broad SMARTS) is 1. The maximum absolute atomic E-state index is 11.2. The number of nitrogens with zero attached hydrogens (tertiary/aromatic N) is 2. The van der Waals surface area contributed by atoms with Crippen molar-refractivity contribution >= 4 is 28.6 Å². The molecule has 0 saturated carbocycles. The standard InChI is InChI=1S/C12H14N2O2S2/c1-6(2)4-8-9(12(15)16)18-11(14-8)10-13-7(3)5-17-10/h5-6H,4H2,1-3H3,(H,15,16). The predicted molar refractivity (Wildman–Crippen MR) is 73.5 cm³/mol. The number of hydrogen-bond donors (Lipinski definition) is 1. The van der Waals surface area contributed by atoms with E-state index in [0.29, 0.717) is 27.9 Å². The predicted octanol–water partition coefficient (Wildman–Crippen LogP) is 3.47. The second-order valence-electron chi connectivity index (χ2n) is 4.49. The summed E-state index contributed by atoms with van der Waals surface area (Å²) in [5.74, 6) is -0.515. The van der Waals surface area contributed by atoms with Gasteiger partial charge in [-0.2, -0.15) is 0 Å². The summed E-state index contributed by atoms with van der Waals surface area (Å²) in [4.78, 5) is 20.3. The Morgan fingerprint density at radius 2 is 2.11 bits per heavy atom. The van der Waals surface area contributed by atoms with Crippen molar-refractivity contribution in [1.29, 1.82) is 0 Å². The second kappa shape index (κ2) is 5.16. The van der Waals surface area contributed by atoms with E-state index in [1.807, 2.05) is 12.3 Å². The first-order chi connectivity index (χ1) is 8.47. The number of hydrogen-bond acceptors (Lipinski definition) is 5. The Morgan fingerprint density at radius 1 is 1.39 bits per heavy atom. The van der Waals surface area contributed by atoms with Gasteiger partial charge in [0.2, 0.25) is 0 Å². The van der Waals surface area contributed by atoms with Crippen LogP contribution in [0.3, 0.4) is 0 Å². The average Bonchev–Trinajstić information content (AvgIpc) is 2.83. The molecule has 2 aromatic heterocycles. The number of aromatic nitrogens is 2. The zero-order chi connectivity index (χ0) is 13.3. The summed E-state index contributed by atoms with van der Waals surface area (Å²) in [6.45, 7) is 6.02. The molecule has 0 atom stereocenters. The maximum Gasteiger partial charge on any atom is 0.347 e. The van der Waals surface area contributed by atoms with E-state index in [2.05, 4.69) is 23.8 Å². The average molecular weight is 282 g/mol. The van der Waals surface area contributed by atoms with Crippen LogP contribution in [0.1, 0.15) is 34.9 Å². The summed E-state index contributed by atoms with van der Waals surface area (Å²) in [6, 6.07) is 0. The third kappa shape index (κ3) is 2.76. The van der Waals surface area contributed by atoms with E-state index in [1.54, 1.807) is 0 Å². The molecule has 2 rings (SSSR count). The molecule has 0 unspecified atom stereocenters. The zero-order valence-corrected chi connectivity index (χ0v) is 12.1. The van der Waals surface area contributed by atoms with Crippen molar-refractivity contribution in [3.8, 4) is 10.0 Å². The molecule has 2 heterocycles. The maximum atomic E-state index is 11.2. The number of aryl methyl sites for hydroxylation is 1. The van der Waals surface area contributed by atoms with E-state index in [0.717, 1.165) is 10.7 Å². The summed E-state index contributed by atoms with van der Waals surface area (Å²) < 4.78 is 0. The highest BCUT2D eigenvalue weighted by Gasteiger charge is 2.20. The number of thiazole rings is 2. The van der Waals surface area contributed by atoms with Crippen LogP contribution in [0.25, 0.3) is 10.0 Å². The van der Waals surface area contributed by atoms with Crippen molar-refractivity contribution in [2.45, 2.75) is 27.2 Å². The number of rotatable bonds is 4. The SMILES string of the molecule is Cc1csc(-c2nc(CC(C)C)c(C(=O)O)s2)n1.